The summed E-state index contributed by atoms with van der Waals surface area (Å²) in [4.78, 5) is 24.5. The molecule has 0 spiro atoms. The Bertz CT molecular complexity index is 1420. The molecule has 3 aromatic rings. The summed E-state index contributed by atoms with van der Waals surface area (Å²) >= 11 is 12.1. The van der Waals surface area contributed by atoms with Crippen LogP contribution in [0.1, 0.15) is 23.2 Å². The first-order valence-electron chi connectivity index (χ1n) is 11.8. The molecule has 39 heavy (non-hydrogen) atoms. The molecule has 4 rings (SSSR count). The van der Waals surface area contributed by atoms with Gasteiger partial charge < -0.3 is 20.7 Å². The average Bonchev–Trinajstić information content (AvgIpc) is 2.90. The summed E-state index contributed by atoms with van der Waals surface area (Å²) in [5, 5.41) is 9.39. The van der Waals surface area contributed by atoms with E-state index >= 15 is 0 Å². The highest BCUT2D eigenvalue weighted by Crippen LogP contribution is 2.35. The molecule has 1 saturated heterocycles. The van der Waals surface area contributed by atoms with Crippen LogP contribution < -0.4 is 25.4 Å². The van der Waals surface area contributed by atoms with Gasteiger partial charge in [0, 0.05) is 16.6 Å². The minimum atomic E-state index is -4.01. The highest BCUT2D eigenvalue weighted by molar-refractivity contribution is 7.92. The SMILES string of the molecule is Cl.O=C(CNC(=O)c1ccc(S(=O)(=O)Nc2ccccc2Oc2ccc(Cl)cc2Cl)cc1)NC1CCNCC1. The Labute approximate surface area is 243 Å². The summed E-state index contributed by atoms with van der Waals surface area (Å²) < 4.78 is 34.4. The zero-order chi connectivity index (χ0) is 27.1. The topological polar surface area (TPSA) is 126 Å². The second kappa shape index (κ2) is 13.9. The lowest BCUT2D eigenvalue weighted by Gasteiger charge is -2.23. The zero-order valence-corrected chi connectivity index (χ0v) is 23.7. The number of anilines is 1. The number of halogens is 3. The third-order valence-electron chi connectivity index (χ3n) is 5.79. The Morgan fingerprint density at radius 3 is 2.33 bits per heavy atom. The van der Waals surface area contributed by atoms with Crippen molar-refractivity contribution in [2.45, 2.75) is 23.8 Å². The minimum Gasteiger partial charge on any atom is -0.454 e. The summed E-state index contributed by atoms with van der Waals surface area (Å²) in [5.41, 5.74) is 0.417. The van der Waals surface area contributed by atoms with E-state index in [2.05, 4.69) is 20.7 Å². The lowest BCUT2D eigenvalue weighted by molar-refractivity contribution is -0.121. The fourth-order valence-electron chi connectivity index (χ4n) is 3.81. The van der Waals surface area contributed by atoms with Crippen LogP contribution in [0.5, 0.6) is 11.5 Å². The average molecular weight is 614 g/mol. The van der Waals surface area contributed by atoms with E-state index in [0.717, 1.165) is 25.9 Å². The van der Waals surface area contributed by atoms with Crippen molar-refractivity contribution in [2.75, 3.05) is 24.4 Å². The predicted molar refractivity (Wildman–Crippen MR) is 154 cm³/mol. The number of carbonyl (C=O) groups is 2. The molecule has 3 aromatic carbocycles. The summed E-state index contributed by atoms with van der Waals surface area (Å²) in [6.07, 6.45) is 1.68. The lowest BCUT2D eigenvalue weighted by atomic mass is 10.1. The first kappa shape index (κ1) is 30.5. The van der Waals surface area contributed by atoms with Gasteiger partial charge in [-0.2, -0.15) is 0 Å². The van der Waals surface area contributed by atoms with Crippen LogP contribution in [0, 0.1) is 0 Å². The second-order valence-electron chi connectivity index (χ2n) is 8.58. The van der Waals surface area contributed by atoms with Gasteiger partial charge in [-0.15, -0.1) is 12.4 Å². The Morgan fingerprint density at radius 2 is 1.64 bits per heavy atom. The summed E-state index contributed by atoms with van der Waals surface area (Å²) in [5.74, 6) is -0.211. The van der Waals surface area contributed by atoms with E-state index in [4.69, 9.17) is 27.9 Å². The number of amides is 2. The molecule has 4 N–H and O–H groups in total. The van der Waals surface area contributed by atoms with Crippen molar-refractivity contribution in [3.63, 3.8) is 0 Å². The normalized spacial score (nSPS) is 13.6. The maximum absolute atomic E-state index is 13.0. The predicted octanol–water partition coefficient (Wildman–Crippen LogP) is 4.61. The first-order chi connectivity index (χ1) is 18.2. The Morgan fingerprint density at radius 1 is 0.949 bits per heavy atom. The summed E-state index contributed by atoms with van der Waals surface area (Å²) in [6, 6.07) is 16.7. The molecule has 9 nitrogen and oxygen atoms in total. The molecule has 2 amide bonds. The van der Waals surface area contributed by atoms with Gasteiger partial charge in [-0.25, -0.2) is 8.42 Å². The molecule has 13 heteroatoms. The number of benzene rings is 3. The van der Waals surface area contributed by atoms with Gasteiger partial charge in [0.05, 0.1) is 22.2 Å². The summed E-state index contributed by atoms with van der Waals surface area (Å²) in [7, 11) is -4.01. The molecule has 0 unspecified atom stereocenters. The molecule has 1 fully saturated rings. The van der Waals surface area contributed by atoms with Crippen molar-refractivity contribution in [2.24, 2.45) is 0 Å². The Hall–Kier alpha value is -3.02. The van der Waals surface area contributed by atoms with Gasteiger partial charge in [-0.1, -0.05) is 35.3 Å². The third-order valence-corrected chi connectivity index (χ3v) is 7.70. The monoisotopic (exact) mass is 612 g/mol. The van der Waals surface area contributed by atoms with Crippen LogP contribution in [0.25, 0.3) is 0 Å². The zero-order valence-electron chi connectivity index (χ0n) is 20.6. The fraction of sp³-hybridized carbons (Fsp3) is 0.231. The lowest BCUT2D eigenvalue weighted by Crippen LogP contribution is -2.46. The molecular formula is C26H27Cl3N4O5S. The minimum absolute atomic E-state index is 0. The van der Waals surface area contributed by atoms with E-state index in [1.165, 1.54) is 30.3 Å². The number of para-hydroxylation sites is 2. The number of piperidine rings is 1. The number of ether oxygens (including phenoxy) is 1. The molecule has 0 aliphatic carbocycles. The number of hydrogen-bond acceptors (Lipinski definition) is 6. The highest BCUT2D eigenvalue weighted by atomic mass is 35.5. The van der Waals surface area contributed by atoms with Crippen molar-refractivity contribution >= 4 is 63.1 Å². The Kier molecular flexibility index (Phi) is 10.8. The quantitative estimate of drug-likeness (QED) is 0.279. The van der Waals surface area contributed by atoms with Crippen molar-refractivity contribution in [3.8, 4) is 11.5 Å². The molecule has 0 bridgehead atoms. The fourth-order valence-corrected chi connectivity index (χ4v) is 5.33. The smallest absolute Gasteiger partial charge is 0.262 e. The third kappa shape index (κ3) is 8.48. The maximum atomic E-state index is 13.0. The molecule has 0 aromatic heterocycles. The van der Waals surface area contributed by atoms with E-state index in [1.54, 1.807) is 36.4 Å². The maximum Gasteiger partial charge on any atom is 0.262 e. The van der Waals surface area contributed by atoms with Crippen molar-refractivity contribution < 1.29 is 22.7 Å². The molecule has 0 radical (unpaired) electrons. The first-order valence-corrected chi connectivity index (χ1v) is 14.1. The van der Waals surface area contributed by atoms with E-state index < -0.39 is 15.9 Å². The number of nitrogens with one attached hydrogen (secondary N) is 4. The van der Waals surface area contributed by atoms with Crippen LogP contribution >= 0.6 is 35.6 Å². The van der Waals surface area contributed by atoms with Gasteiger partial charge in [0.15, 0.2) is 5.75 Å². The van der Waals surface area contributed by atoms with Gasteiger partial charge in [-0.05, 0) is 80.5 Å². The van der Waals surface area contributed by atoms with E-state index in [1.807, 2.05) is 0 Å². The van der Waals surface area contributed by atoms with Crippen LogP contribution in [-0.4, -0.2) is 45.9 Å². The van der Waals surface area contributed by atoms with Crippen LogP contribution in [0.15, 0.2) is 71.6 Å². The summed E-state index contributed by atoms with van der Waals surface area (Å²) in [6.45, 7) is 1.52. The van der Waals surface area contributed by atoms with Crippen LogP contribution in [0.3, 0.4) is 0 Å². The van der Waals surface area contributed by atoms with Crippen LogP contribution in [0.4, 0.5) is 5.69 Å². The van der Waals surface area contributed by atoms with Gasteiger partial charge in [0.1, 0.15) is 5.75 Å². The molecule has 1 aliphatic rings. The van der Waals surface area contributed by atoms with E-state index in [-0.39, 0.29) is 57.8 Å². The van der Waals surface area contributed by atoms with Crippen molar-refractivity contribution in [1.29, 1.82) is 0 Å². The van der Waals surface area contributed by atoms with Gasteiger partial charge >= 0.3 is 0 Å². The standard InChI is InChI=1S/C26H26Cl2N4O5S.ClH/c27-18-7-10-23(21(28)15-18)37-24-4-2-1-3-22(24)32-38(35,36)20-8-5-17(6-9-20)26(34)30-16-25(33)31-19-11-13-29-14-12-19;/h1-10,15,19,29,32H,11-14,16H2,(H,30,34)(H,31,33);1H. The van der Waals surface area contributed by atoms with E-state index in [0.29, 0.717) is 10.8 Å². The largest absolute Gasteiger partial charge is 0.454 e. The molecule has 1 aliphatic heterocycles. The number of sulfonamides is 1. The molecule has 208 valence electrons. The van der Waals surface area contributed by atoms with E-state index in [9.17, 15) is 18.0 Å². The molecular weight excluding hydrogens is 587 g/mol. The van der Waals surface area contributed by atoms with Crippen molar-refractivity contribution in [1.82, 2.24) is 16.0 Å². The number of rotatable bonds is 9. The molecule has 0 saturated carbocycles. The van der Waals surface area contributed by atoms with Gasteiger partial charge in [0.2, 0.25) is 5.91 Å². The highest BCUT2D eigenvalue weighted by Gasteiger charge is 2.19. The van der Waals surface area contributed by atoms with Gasteiger partial charge in [-0.3, -0.25) is 14.3 Å². The Balaban J connectivity index is 0.00000420. The van der Waals surface area contributed by atoms with Crippen LogP contribution in [-0.2, 0) is 14.8 Å². The number of carbonyl (C=O) groups excluding carboxylic acids is 2. The van der Waals surface area contributed by atoms with Gasteiger partial charge in [0.25, 0.3) is 15.9 Å². The molecule has 1 heterocycles. The number of hydrogen-bond donors (Lipinski definition) is 4. The van der Waals surface area contributed by atoms with Crippen LogP contribution in [0.2, 0.25) is 10.0 Å². The van der Waals surface area contributed by atoms with Crippen molar-refractivity contribution in [3.05, 3.63) is 82.3 Å². The molecule has 0 atom stereocenters. The second-order valence-corrected chi connectivity index (χ2v) is 11.1.